The molecule has 0 bridgehead atoms. The normalized spacial score (nSPS) is 13.8. The van der Waals surface area contributed by atoms with Crippen molar-refractivity contribution in [1.29, 1.82) is 0 Å². The molecule has 1 saturated carbocycles. The van der Waals surface area contributed by atoms with Crippen LogP contribution < -0.4 is 10.6 Å². The standard InChI is InChI=1S/C16H17ClN4O/c1-9-5-10(2)15(12(17)6-9)21-14-7-13(18-8-19-14)16(22)20-11-3-4-11/h5-8,11H,3-4H2,1-2H3,(H,20,22)(H,18,19,21). The van der Waals surface area contributed by atoms with Crippen LogP contribution in [0.4, 0.5) is 11.5 Å². The fourth-order valence-electron chi connectivity index (χ4n) is 2.24. The first kappa shape index (κ1) is 14.8. The number of carbonyl (C=O) groups is 1. The van der Waals surface area contributed by atoms with Crippen LogP contribution in [0.3, 0.4) is 0 Å². The predicted molar refractivity (Wildman–Crippen MR) is 86.7 cm³/mol. The molecule has 1 aromatic heterocycles. The second-order valence-electron chi connectivity index (χ2n) is 5.60. The SMILES string of the molecule is Cc1cc(C)c(Nc2cc(C(=O)NC3CC3)ncn2)c(Cl)c1. The number of nitrogens with one attached hydrogen (secondary N) is 2. The lowest BCUT2D eigenvalue weighted by atomic mass is 10.1. The van der Waals surface area contributed by atoms with Crippen LogP contribution in [0.2, 0.25) is 5.02 Å². The maximum Gasteiger partial charge on any atom is 0.270 e. The molecule has 0 spiro atoms. The molecule has 0 unspecified atom stereocenters. The second kappa shape index (κ2) is 5.93. The van der Waals surface area contributed by atoms with Gasteiger partial charge in [-0.25, -0.2) is 9.97 Å². The Morgan fingerprint density at radius 2 is 2.00 bits per heavy atom. The molecular weight excluding hydrogens is 300 g/mol. The minimum atomic E-state index is -0.167. The number of benzene rings is 1. The van der Waals surface area contributed by atoms with Gasteiger partial charge in [0.05, 0.1) is 10.7 Å². The molecule has 22 heavy (non-hydrogen) atoms. The molecule has 2 aromatic rings. The highest BCUT2D eigenvalue weighted by Crippen LogP contribution is 2.29. The number of aromatic nitrogens is 2. The van der Waals surface area contributed by atoms with Crippen LogP contribution in [0.25, 0.3) is 0 Å². The number of anilines is 2. The maximum atomic E-state index is 12.0. The van der Waals surface area contributed by atoms with Crippen LogP contribution in [0, 0.1) is 13.8 Å². The lowest BCUT2D eigenvalue weighted by Crippen LogP contribution is -2.26. The Kier molecular flexibility index (Phi) is 3.98. The number of rotatable bonds is 4. The molecular formula is C16H17ClN4O. The summed E-state index contributed by atoms with van der Waals surface area (Å²) in [6, 6.07) is 5.86. The van der Waals surface area contributed by atoms with Crippen LogP contribution in [-0.2, 0) is 0 Å². The number of aryl methyl sites for hydroxylation is 2. The summed E-state index contributed by atoms with van der Waals surface area (Å²) in [7, 11) is 0. The van der Waals surface area contributed by atoms with Crippen LogP contribution in [0.5, 0.6) is 0 Å². The first-order chi connectivity index (χ1) is 10.5. The Morgan fingerprint density at radius 3 is 2.68 bits per heavy atom. The molecule has 114 valence electrons. The zero-order valence-electron chi connectivity index (χ0n) is 12.5. The zero-order chi connectivity index (χ0) is 15.7. The topological polar surface area (TPSA) is 66.9 Å². The van der Waals surface area contributed by atoms with Gasteiger partial charge in [0.15, 0.2) is 0 Å². The first-order valence-corrected chi connectivity index (χ1v) is 7.57. The van der Waals surface area contributed by atoms with Gasteiger partial charge >= 0.3 is 0 Å². The lowest BCUT2D eigenvalue weighted by Gasteiger charge is -2.12. The third kappa shape index (κ3) is 3.36. The van der Waals surface area contributed by atoms with Crippen molar-refractivity contribution in [3.8, 4) is 0 Å². The fraction of sp³-hybridized carbons (Fsp3) is 0.312. The molecule has 1 heterocycles. The van der Waals surface area contributed by atoms with E-state index in [1.54, 1.807) is 6.07 Å². The Morgan fingerprint density at radius 1 is 1.23 bits per heavy atom. The monoisotopic (exact) mass is 316 g/mol. The van der Waals surface area contributed by atoms with Gasteiger partial charge in [-0.15, -0.1) is 0 Å². The molecule has 1 aliphatic rings. The lowest BCUT2D eigenvalue weighted by molar-refractivity contribution is 0.0946. The molecule has 0 radical (unpaired) electrons. The number of halogens is 1. The molecule has 1 amide bonds. The highest BCUT2D eigenvalue weighted by Gasteiger charge is 2.24. The Bertz CT molecular complexity index is 705. The Labute approximate surface area is 134 Å². The minimum Gasteiger partial charge on any atom is -0.348 e. The highest BCUT2D eigenvalue weighted by molar-refractivity contribution is 6.33. The van der Waals surface area contributed by atoms with Gasteiger partial charge in [-0.05, 0) is 43.9 Å². The van der Waals surface area contributed by atoms with E-state index in [0.29, 0.717) is 22.6 Å². The second-order valence-corrected chi connectivity index (χ2v) is 6.01. The molecule has 0 saturated heterocycles. The smallest absolute Gasteiger partial charge is 0.270 e. The fourth-order valence-corrected chi connectivity index (χ4v) is 2.61. The van der Waals surface area contributed by atoms with E-state index in [4.69, 9.17) is 11.6 Å². The van der Waals surface area contributed by atoms with E-state index in [1.807, 2.05) is 26.0 Å². The number of nitrogens with zero attached hydrogens (tertiary/aromatic N) is 2. The van der Waals surface area contributed by atoms with E-state index < -0.39 is 0 Å². The van der Waals surface area contributed by atoms with Gasteiger partial charge in [0.1, 0.15) is 17.8 Å². The number of hydrogen-bond donors (Lipinski definition) is 2. The summed E-state index contributed by atoms with van der Waals surface area (Å²) in [6.07, 6.45) is 3.46. The van der Waals surface area contributed by atoms with Crippen molar-refractivity contribution in [3.05, 3.63) is 46.4 Å². The highest BCUT2D eigenvalue weighted by atomic mass is 35.5. The third-order valence-electron chi connectivity index (χ3n) is 3.50. The Hall–Kier alpha value is -2.14. The minimum absolute atomic E-state index is 0.167. The summed E-state index contributed by atoms with van der Waals surface area (Å²) in [5.74, 6) is 0.379. The van der Waals surface area contributed by atoms with E-state index in [2.05, 4.69) is 20.6 Å². The van der Waals surface area contributed by atoms with Gasteiger partial charge in [-0.1, -0.05) is 17.7 Å². The summed E-state index contributed by atoms with van der Waals surface area (Å²) in [5.41, 5.74) is 3.26. The van der Waals surface area contributed by atoms with Gasteiger partial charge in [-0.2, -0.15) is 0 Å². The van der Waals surface area contributed by atoms with Crippen molar-refractivity contribution < 1.29 is 4.79 Å². The van der Waals surface area contributed by atoms with E-state index in [-0.39, 0.29) is 5.91 Å². The van der Waals surface area contributed by atoms with Gasteiger partial charge in [0, 0.05) is 12.1 Å². The number of amides is 1. The number of carbonyl (C=O) groups excluding carboxylic acids is 1. The van der Waals surface area contributed by atoms with Crippen molar-refractivity contribution in [3.63, 3.8) is 0 Å². The van der Waals surface area contributed by atoms with Gasteiger partial charge in [0.25, 0.3) is 5.91 Å². The molecule has 6 heteroatoms. The van der Waals surface area contributed by atoms with E-state index in [1.165, 1.54) is 6.33 Å². The van der Waals surface area contributed by atoms with Gasteiger partial charge in [-0.3, -0.25) is 4.79 Å². The Balaban J connectivity index is 1.82. The molecule has 1 aromatic carbocycles. The van der Waals surface area contributed by atoms with Gasteiger partial charge in [0.2, 0.25) is 0 Å². The average Bonchev–Trinajstić information content (AvgIpc) is 3.27. The number of hydrogen-bond acceptors (Lipinski definition) is 4. The molecule has 0 aliphatic heterocycles. The van der Waals surface area contributed by atoms with Crippen molar-refractivity contribution >= 4 is 29.0 Å². The van der Waals surface area contributed by atoms with Crippen molar-refractivity contribution in [2.24, 2.45) is 0 Å². The quantitative estimate of drug-likeness (QED) is 0.907. The van der Waals surface area contributed by atoms with Crippen LogP contribution >= 0.6 is 11.6 Å². The molecule has 2 N–H and O–H groups in total. The molecule has 0 atom stereocenters. The van der Waals surface area contributed by atoms with Crippen LogP contribution in [-0.4, -0.2) is 21.9 Å². The van der Waals surface area contributed by atoms with Crippen LogP contribution in [0.1, 0.15) is 34.5 Å². The summed E-state index contributed by atoms with van der Waals surface area (Å²) < 4.78 is 0. The van der Waals surface area contributed by atoms with Gasteiger partial charge < -0.3 is 10.6 Å². The summed E-state index contributed by atoms with van der Waals surface area (Å²) in [5, 5.41) is 6.70. The zero-order valence-corrected chi connectivity index (χ0v) is 13.2. The first-order valence-electron chi connectivity index (χ1n) is 7.19. The maximum absolute atomic E-state index is 12.0. The molecule has 1 fully saturated rings. The third-order valence-corrected chi connectivity index (χ3v) is 3.80. The largest absolute Gasteiger partial charge is 0.348 e. The predicted octanol–water partition coefficient (Wildman–Crippen LogP) is 3.38. The van der Waals surface area contributed by atoms with E-state index in [9.17, 15) is 4.79 Å². The molecule has 1 aliphatic carbocycles. The average molecular weight is 317 g/mol. The van der Waals surface area contributed by atoms with Crippen molar-refractivity contribution in [2.75, 3.05) is 5.32 Å². The summed E-state index contributed by atoms with van der Waals surface area (Å²) in [6.45, 7) is 3.97. The van der Waals surface area contributed by atoms with Crippen LogP contribution in [0.15, 0.2) is 24.5 Å². The van der Waals surface area contributed by atoms with Crippen molar-refractivity contribution in [2.45, 2.75) is 32.7 Å². The summed E-state index contributed by atoms with van der Waals surface area (Å²) in [4.78, 5) is 20.2. The van der Waals surface area contributed by atoms with E-state index in [0.717, 1.165) is 29.7 Å². The van der Waals surface area contributed by atoms with Crippen molar-refractivity contribution in [1.82, 2.24) is 15.3 Å². The summed E-state index contributed by atoms with van der Waals surface area (Å²) >= 11 is 6.28. The van der Waals surface area contributed by atoms with E-state index >= 15 is 0 Å². The molecule has 5 nitrogen and oxygen atoms in total. The molecule has 3 rings (SSSR count).